The molecule has 1 aromatic carbocycles. The quantitative estimate of drug-likeness (QED) is 0.805. The van der Waals surface area contributed by atoms with Crippen LogP contribution in [-0.4, -0.2) is 28.2 Å². The van der Waals surface area contributed by atoms with Gasteiger partial charge in [0.25, 0.3) is 0 Å². The summed E-state index contributed by atoms with van der Waals surface area (Å²) in [4.78, 5) is 22.7. The average molecular weight is 375 g/mol. The van der Waals surface area contributed by atoms with Crippen LogP contribution in [0.3, 0.4) is 0 Å². The van der Waals surface area contributed by atoms with E-state index in [1.54, 1.807) is 4.90 Å². The summed E-state index contributed by atoms with van der Waals surface area (Å²) < 4.78 is 5.51. The molecule has 138 valence electrons. The lowest BCUT2D eigenvalue weighted by Gasteiger charge is -2.31. The normalized spacial score (nSPS) is 13.9. The van der Waals surface area contributed by atoms with Gasteiger partial charge in [-0.25, -0.2) is 9.78 Å². The molecule has 0 saturated carbocycles. The second kappa shape index (κ2) is 7.50. The highest BCUT2D eigenvalue weighted by Crippen LogP contribution is 2.32. The summed E-state index contributed by atoms with van der Waals surface area (Å²) in [6, 6.07) is 10.0. The van der Waals surface area contributed by atoms with Crippen LogP contribution < -0.4 is 10.2 Å². The molecule has 1 N–H and O–H groups in total. The van der Waals surface area contributed by atoms with Gasteiger partial charge in [0.2, 0.25) is 5.28 Å². The first-order valence-electron chi connectivity index (χ1n) is 8.68. The van der Waals surface area contributed by atoms with Crippen LogP contribution in [0.15, 0.2) is 30.3 Å². The Morgan fingerprint density at radius 3 is 2.69 bits per heavy atom. The average Bonchev–Trinajstić information content (AvgIpc) is 2.58. The molecule has 0 radical (unpaired) electrons. The van der Waals surface area contributed by atoms with Gasteiger partial charge in [0.1, 0.15) is 17.2 Å². The number of carbonyl (C=O) groups is 1. The van der Waals surface area contributed by atoms with Crippen LogP contribution in [0.2, 0.25) is 5.28 Å². The SMILES string of the molecule is CC(C)(C)OC(=O)N1CCCc2c(NCc3ccccc3)nc(Cl)nc21. The first-order chi connectivity index (χ1) is 12.3. The van der Waals surface area contributed by atoms with Crippen LogP contribution in [0.1, 0.15) is 38.3 Å². The van der Waals surface area contributed by atoms with E-state index < -0.39 is 11.7 Å². The molecule has 6 nitrogen and oxygen atoms in total. The molecular weight excluding hydrogens is 352 g/mol. The number of rotatable bonds is 3. The van der Waals surface area contributed by atoms with Gasteiger partial charge in [0.05, 0.1) is 0 Å². The van der Waals surface area contributed by atoms with Crippen molar-refractivity contribution >= 4 is 29.3 Å². The molecule has 1 aliphatic heterocycles. The lowest BCUT2D eigenvalue weighted by molar-refractivity contribution is 0.0576. The van der Waals surface area contributed by atoms with Crippen LogP contribution in [0.5, 0.6) is 0 Å². The number of anilines is 2. The van der Waals surface area contributed by atoms with Gasteiger partial charge < -0.3 is 10.1 Å². The number of hydrogen-bond acceptors (Lipinski definition) is 5. The zero-order valence-electron chi connectivity index (χ0n) is 15.3. The Hall–Kier alpha value is -2.34. The van der Waals surface area contributed by atoms with Crippen molar-refractivity contribution in [1.29, 1.82) is 0 Å². The maximum Gasteiger partial charge on any atom is 0.416 e. The highest BCUT2D eigenvalue weighted by atomic mass is 35.5. The van der Waals surface area contributed by atoms with Crippen LogP contribution >= 0.6 is 11.6 Å². The Balaban J connectivity index is 1.86. The second-order valence-corrected chi connectivity index (χ2v) is 7.56. The summed E-state index contributed by atoms with van der Waals surface area (Å²) in [5.74, 6) is 1.19. The highest BCUT2D eigenvalue weighted by Gasteiger charge is 2.30. The van der Waals surface area contributed by atoms with E-state index in [1.165, 1.54) is 0 Å². The fraction of sp³-hybridized carbons (Fsp3) is 0.421. The molecular formula is C19H23ClN4O2. The van der Waals surface area contributed by atoms with Crippen molar-refractivity contribution in [2.75, 3.05) is 16.8 Å². The molecule has 0 atom stereocenters. The maximum atomic E-state index is 12.6. The van der Waals surface area contributed by atoms with Crippen LogP contribution in [0, 0.1) is 0 Å². The van der Waals surface area contributed by atoms with Gasteiger partial charge in [0.15, 0.2) is 0 Å². The van der Waals surface area contributed by atoms with Gasteiger partial charge in [-0.05, 0) is 50.8 Å². The largest absolute Gasteiger partial charge is 0.443 e. The van der Waals surface area contributed by atoms with Crippen LogP contribution in [0.4, 0.5) is 16.4 Å². The van der Waals surface area contributed by atoms with E-state index in [2.05, 4.69) is 15.3 Å². The minimum absolute atomic E-state index is 0.106. The van der Waals surface area contributed by atoms with Crippen molar-refractivity contribution in [3.8, 4) is 0 Å². The third kappa shape index (κ3) is 4.43. The number of hydrogen-bond donors (Lipinski definition) is 1. The van der Waals surface area contributed by atoms with Gasteiger partial charge >= 0.3 is 6.09 Å². The molecule has 1 aliphatic rings. The van der Waals surface area contributed by atoms with Gasteiger partial charge in [-0.3, -0.25) is 4.90 Å². The zero-order chi connectivity index (χ0) is 18.7. The maximum absolute atomic E-state index is 12.6. The van der Waals surface area contributed by atoms with Gasteiger partial charge in [-0.1, -0.05) is 30.3 Å². The molecule has 7 heteroatoms. The molecule has 0 saturated heterocycles. The topological polar surface area (TPSA) is 67.3 Å². The Kier molecular flexibility index (Phi) is 5.32. The number of carbonyl (C=O) groups excluding carboxylic acids is 1. The van der Waals surface area contributed by atoms with Crippen molar-refractivity contribution in [1.82, 2.24) is 9.97 Å². The Bertz CT molecular complexity index is 790. The number of nitrogens with one attached hydrogen (secondary N) is 1. The number of ether oxygens (including phenoxy) is 1. The molecule has 3 rings (SSSR count). The smallest absolute Gasteiger partial charge is 0.416 e. The van der Waals surface area contributed by atoms with E-state index in [0.717, 1.165) is 24.0 Å². The fourth-order valence-electron chi connectivity index (χ4n) is 2.84. The summed E-state index contributed by atoms with van der Waals surface area (Å²) in [6.45, 7) is 6.70. The Morgan fingerprint density at radius 2 is 2.00 bits per heavy atom. The number of benzene rings is 1. The first kappa shape index (κ1) is 18.5. The second-order valence-electron chi connectivity index (χ2n) is 7.22. The van der Waals surface area contributed by atoms with Crippen LogP contribution in [0.25, 0.3) is 0 Å². The van der Waals surface area contributed by atoms with E-state index in [0.29, 0.717) is 24.7 Å². The van der Waals surface area contributed by atoms with E-state index in [9.17, 15) is 4.79 Å². The van der Waals surface area contributed by atoms with Crippen molar-refractivity contribution in [3.63, 3.8) is 0 Å². The minimum atomic E-state index is -0.570. The third-order valence-corrected chi connectivity index (χ3v) is 4.11. The molecule has 1 aromatic heterocycles. The van der Waals surface area contributed by atoms with E-state index in [1.807, 2.05) is 51.1 Å². The summed E-state index contributed by atoms with van der Waals surface area (Å²) in [6.07, 6.45) is 1.18. The molecule has 2 aromatic rings. The lowest BCUT2D eigenvalue weighted by atomic mass is 10.1. The van der Waals surface area contributed by atoms with Gasteiger partial charge in [-0.15, -0.1) is 0 Å². The molecule has 1 amide bonds. The van der Waals surface area contributed by atoms with E-state index >= 15 is 0 Å². The monoisotopic (exact) mass is 374 g/mol. The molecule has 0 bridgehead atoms. The number of fused-ring (bicyclic) bond motifs is 1. The molecule has 0 aliphatic carbocycles. The van der Waals surface area contributed by atoms with Crippen molar-refractivity contribution in [2.24, 2.45) is 0 Å². The zero-order valence-corrected chi connectivity index (χ0v) is 16.0. The molecule has 0 unspecified atom stereocenters. The molecule has 26 heavy (non-hydrogen) atoms. The fourth-order valence-corrected chi connectivity index (χ4v) is 3.01. The predicted molar refractivity (Wildman–Crippen MR) is 103 cm³/mol. The highest BCUT2D eigenvalue weighted by molar-refractivity contribution is 6.28. The number of aromatic nitrogens is 2. The molecule has 2 heterocycles. The predicted octanol–water partition coefficient (Wildman–Crippen LogP) is 4.43. The summed E-state index contributed by atoms with van der Waals surface area (Å²) in [5.41, 5.74) is 1.46. The number of halogens is 1. The first-order valence-corrected chi connectivity index (χ1v) is 9.06. The standard InChI is InChI=1S/C19H23ClN4O2/c1-19(2,3)26-18(25)24-11-7-10-14-15(22-17(20)23-16(14)24)21-12-13-8-5-4-6-9-13/h4-6,8-9H,7,10-12H2,1-3H3,(H,21,22,23). The van der Waals surface area contributed by atoms with Crippen molar-refractivity contribution in [3.05, 3.63) is 46.7 Å². The number of nitrogens with zero attached hydrogens (tertiary/aromatic N) is 3. The molecule has 0 spiro atoms. The Labute approximate surface area is 158 Å². The Morgan fingerprint density at radius 1 is 1.27 bits per heavy atom. The molecule has 0 fully saturated rings. The van der Waals surface area contributed by atoms with Gasteiger partial charge in [-0.2, -0.15) is 4.98 Å². The third-order valence-electron chi connectivity index (χ3n) is 3.94. The van der Waals surface area contributed by atoms with E-state index in [-0.39, 0.29) is 5.28 Å². The van der Waals surface area contributed by atoms with Gasteiger partial charge in [0, 0.05) is 18.7 Å². The van der Waals surface area contributed by atoms with Crippen molar-refractivity contribution < 1.29 is 9.53 Å². The van der Waals surface area contributed by atoms with E-state index in [4.69, 9.17) is 16.3 Å². The summed E-state index contributed by atoms with van der Waals surface area (Å²) in [5, 5.41) is 3.43. The summed E-state index contributed by atoms with van der Waals surface area (Å²) in [7, 11) is 0. The van der Waals surface area contributed by atoms with Crippen molar-refractivity contribution in [2.45, 2.75) is 45.8 Å². The summed E-state index contributed by atoms with van der Waals surface area (Å²) >= 11 is 6.13. The lowest BCUT2D eigenvalue weighted by Crippen LogP contribution is -2.40. The number of amides is 1. The van der Waals surface area contributed by atoms with Crippen LogP contribution in [-0.2, 0) is 17.7 Å². The minimum Gasteiger partial charge on any atom is -0.443 e.